The second-order valence-electron chi connectivity index (χ2n) is 6.44. The van der Waals surface area contributed by atoms with Crippen molar-refractivity contribution >= 4 is 5.97 Å². The van der Waals surface area contributed by atoms with Crippen molar-refractivity contribution in [1.82, 2.24) is 0 Å². The maximum Gasteiger partial charge on any atom is 0.359 e. The largest absolute Gasteiger partial charge is 0.477 e. The highest BCUT2D eigenvalue weighted by atomic mass is 16.4. The standard InChI is InChI=1S/C16H33NO2/c1-5-6-7-8-9-10-11-12-13-15(2)17(3,4)14-16(18)19/h15H,5-14H2,1-4H3/p+1. The second-order valence-corrected chi connectivity index (χ2v) is 6.44. The summed E-state index contributed by atoms with van der Waals surface area (Å²) < 4.78 is 0.589. The number of hydrogen-bond donors (Lipinski definition) is 1. The van der Waals surface area contributed by atoms with Crippen LogP contribution in [0.4, 0.5) is 0 Å². The Morgan fingerprint density at radius 2 is 1.47 bits per heavy atom. The molecule has 1 N–H and O–H groups in total. The third kappa shape index (κ3) is 9.94. The molecule has 0 aliphatic carbocycles. The first-order chi connectivity index (χ1) is 8.90. The zero-order valence-corrected chi connectivity index (χ0v) is 13.5. The molecule has 0 fully saturated rings. The van der Waals surface area contributed by atoms with Gasteiger partial charge in [-0.3, -0.25) is 0 Å². The molecule has 3 heteroatoms. The van der Waals surface area contributed by atoms with Gasteiger partial charge in [0.2, 0.25) is 0 Å². The van der Waals surface area contributed by atoms with Gasteiger partial charge in [-0.15, -0.1) is 0 Å². The number of carboxylic acid groups (broad SMARTS) is 1. The van der Waals surface area contributed by atoms with Gasteiger partial charge in [0.1, 0.15) is 0 Å². The molecule has 114 valence electrons. The zero-order chi connectivity index (χ0) is 14.7. The maximum atomic E-state index is 10.8. The van der Waals surface area contributed by atoms with E-state index < -0.39 is 5.97 Å². The Labute approximate surface area is 119 Å². The number of quaternary nitrogens is 1. The number of likely N-dealkylation sites (N-methyl/N-ethyl adjacent to an activating group) is 1. The highest BCUT2D eigenvalue weighted by Crippen LogP contribution is 2.15. The normalized spacial score (nSPS) is 13.5. The van der Waals surface area contributed by atoms with E-state index in [1.165, 1.54) is 51.4 Å². The van der Waals surface area contributed by atoms with E-state index in [4.69, 9.17) is 5.11 Å². The van der Waals surface area contributed by atoms with Crippen molar-refractivity contribution in [3.8, 4) is 0 Å². The Bertz CT molecular complexity index is 239. The van der Waals surface area contributed by atoms with Gasteiger partial charge in [0.25, 0.3) is 0 Å². The van der Waals surface area contributed by atoms with Crippen molar-refractivity contribution < 1.29 is 14.4 Å². The molecule has 0 bridgehead atoms. The molecule has 0 saturated carbocycles. The molecule has 0 aromatic carbocycles. The van der Waals surface area contributed by atoms with Crippen molar-refractivity contribution in [2.24, 2.45) is 0 Å². The topological polar surface area (TPSA) is 37.3 Å². The molecule has 19 heavy (non-hydrogen) atoms. The molecule has 0 aliphatic rings. The fourth-order valence-electron chi connectivity index (χ4n) is 2.43. The summed E-state index contributed by atoms with van der Waals surface area (Å²) in [6.07, 6.45) is 11.8. The van der Waals surface area contributed by atoms with E-state index in [0.29, 0.717) is 10.5 Å². The van der Waals surface area contributed by atoms with Crippen molar-refractivity contribution in [1.29, 1.82) is 0 Å². The summed E-state index contributed by atoms with van der Waals surface area (Å²) in [6.45, 7) is 4.64. The number of nitrogens with zero attached hydrogens (tertiary/aromatic N) is 1. The van der Waals surface area contributed by atoms with Crippen LogP contribution in [0.2, 0.25) is 0 Å². The van der Waals surface area contributed by atoms with Gasteiger partial charge in [0.15, 0.2) is 6.54 Å². The zero-order valence-electron chi connectivity index (χ0n) is 13.5. The molecule has 0 aromatic rings. The molecule has 0 radical (unpaired) electrons. The summed E-state index contributed by atoms with van der Waals surface area (Å²) in [7, 11) is 4.03. The number of hydrogen-bond acceptors (Lipinski definition) is 1. The lowest BCUT2D eigenvalue weighted by atomic mass is 10.0. The van der Waals surface area contributed by atoms with Crippen molar-refractivity contribution in [2.75, 3.05) is 20.6 Å². The van der Waals surface area contributed by atoms with Crippen molar-refractivity contribution in [3.05, 3.63) is 0 Å². The van der Waals surface area contributed by atoms with Crippen molar-refractivity contribution in [3.63, 3.8) is 0 Å². The number of carboxylic acids is 1. The highest BCUT2D eigenvalue weighted by molar-refractivity contribution is 5.67. The molecule has 0 saturated heterocycles. The van der Waals surface area contributed by atoms with Gasteiger partial charge in [-0.2, -0.15) is 0 Å². The molecule has 1 unspecified atom stereocenters. The van der Waals surface area contributed by atoms with Crippen LogP contribution in [0.25, 0.3) is 0 Å². The van der Waals surface area contributed by atoms with Crippen LogP contribution >= 0.6 is 0 Å². The molecule has 0 amide bonds. The maximum absolute atomic E-state index is 10.8. The van der Waals surface area contributed by atoms with Crippen LogP contribution in [0.15, 0.2) is 0 Å². The quantitative estimate of drug-likeness (QED) is 0.429. The lowest BCUT2D eigenvalue weighted by molar-refractivity contribution is -0.906. The fraction of sp³-hybridized carbons (Fsp3) is 0.938. The van der Waals surface area contributed by atoms with E-state index in [-0.39, 0.29) is 6.54 Å². The number of aliphatic carboxylic acids is 1. The predicted octanol–water partition coefficient (Wildman–Crippen LogP) is 4.07. The van der Waals surface area contributed by atoms with E-state index in [2.05, 4.69) is 13.8 Å². The molecule has 3 nitrogen and oxygen atoms in total. The molecular formula is C16H34NO2+. The molecule has 0 aromatic heterocycles. The van der Waals surface area contributed by atoms with Gasteiger partial charge in [0.05, 0.1) is 20.1 Å². The molecule has 0 spiro atoms. The Balaban J connectivity index is 3.57. The number of rotatable bonds is 12. The molecule has 1 atom stereocenters. The summed E-state index contributed by atoms with van der Waals surface area (Å²) in [5, 5.41) is 8.89. The van der Waals surface area contributed by atoms with Gasteiger partial charge in [-0.05, 0) is 19.8 Å². The lowest BCUT2D eigenvalue weighted by Gasteiger charge is -2.34. The van der Waals surface area contributed by atoms with Crippen LogP contribution in [0.3, 0.4) is 0 Å². The first-order valence-electron chi connectivity index (χ1n) is 7.94. The van der Waals surface area contributed by atoms with Crippen molar-refractivity contribution in [2.45, 2.75) is 77.7 Å². The van der Waals surface area contributed by atoms with Gasteiger partial charge in [-0.1, -0.05) is 51.9 Å². The van der Waals surface area contributed by atoms with Crippen LogP contribution in [0.1, 0.15) is 71.6 Å². The summed E-state index contributed by atoms with van der Waals surface area (Å²) in [4.78, 5) is 10.8. The second kappa shape index (κ2) is 10.2. The average molecular weight is 272 g/mol. The van der Waals surface area contributed by atoms with Crippen LogP contribution in [-0.4, -0.2) is 42.2 Å². The van der Waals surface area contributed by atoms with Gasteiger partial charge >= 0.3 is 5.97 Å². The molecule has 0 rings (SSSR count). The summed E-state index contributed by atoms with van der Waals surface area (Å²) in [6, 6.07) is 0.427. The summed E-state index contributed by atoms with van der Waals surface area (Å²) >= 11 is 0. The third-order valence-electron chi connectivity index (χ3n) is 4.21. The Kier molecular flexibility index (Phi) is 9.94. The Hall–Kier alpha value is -0.570. The Morgan fingerprint density at radius 3 is 1.95 bits per heavy atom. The minimum absolute atomic E-state index is 0.220. The molecule has 0 heterocycles. The van der Waals surface area contributed by atoms with Gasteiger partial charge < -0.3 is 9.59 Å². The number of carbonyl (C=O) groups is 1. The SMILES string of the molecule is CCCCCCCCCCC(C)[N+](C)(C)CC(=O)O. The molecular weight excluding hydrogens is 238 g/mol. The predicted molar refractivity (Wildman–Crippen MR) is 81.3 cm³/mol. The van der Waals surface area contributed by atoms with E-state index in [0.717, 1.165) is 6.42 Å². The van der Waals surface area contributed by atoms with Gasteiger partial charge in [0, 0.05) is 0 Å². The number of unbranched alkanes of at least 4 members (excludes halogenated alkanes) is 7. The highest BCUT2D eigenvalue weighted by Gasteiger charge is 2.26. The van der Waals surface area contributed by atoms with Crippen LogP contribution in [0.5, 0.6) is 0 Å². The summed E-state index contributed by atoms with van der Waals surface area (Å²) in [5.41, 5.74) is 0. The lowest BCUT2D eigenvalue weighted by Crippen LogP contribution is -2.50. The average Bonchev–Trinajstić information content (AvgIpc) is 2.30. The summed E-state index contributed by atoms with van der Waals surface area (Å²) in [5.74, 6) is -0.701. The minimum Gasteiger partial charge on any atom is -0.477 e. The van der Waals surface area contributed by atoms with E-state index in [1.54, 1.807) is 0 Å². The van der Waals surface area contributed by atoms with Crippen LogP contribution < -0.4 is 0 Å². The van der Waals surface area contributed by atoms with E-state index >= 15 is 0 Å². The molecule has 0 aliphatic heterocycles. The van der Waals surface area contributed by atoms with E-state index in [1.807, 2.05) is 14.1 Å². The third-order valence-corrected chi connectivity index (χ3v) is 4.21. The monoisotopic (exact) mass is 272 g/mol. The van der Waals surface area contributed by atoms with Crippen LogP contribution in [-0.2, 0) is 4.79 Å². The minimum atomic E-state index is -0.701. The first kappa shape index (κ1) is 18.4. The fourth-order valence-corrected chi connectivity index (χ4v) is 2.43. The first-order valence-corrected chi connectivity index (χ1v) is 7.94. The smallest absolute Gasteiger partial charge is 0.359 e. The van der Waals surface area contributed by atoms with E-state index in [9.17, 15) is 4.79 Å². The van der Waals surface area contributed by atoms with Crippen LogP contribution in [0, 0.1) is 0 Å². The Morgan fingerprint density at radius 1 is 1.00 bits per heavy atom. The van der Waals surface area contributed by atoms with Gasteiger partial charge in [-0.25, -0.2) is 4.79 Å².